The first kappa shape index (κ1) is 35.6. The summed E-state index contributed by atoms with van der Waals surface area (Å²) in [5, 5.41) is 32.4. The average Bonchev–Trinajstić information content (AvgIpc) is 3.74. The first-order chi connectivity index (χ1) is 24.0. The van der Waals surface area contributed by atoms with Gasteiger partial charge in [0, 0.05) is 68.4 Å². The molecule has 14 nitrogen and oxygen atoms in total. The molecule has 2 aliphatic heterocycles. The number of rotatable bonds is 8. The lowest BCUT2D eigenvalue weighted by Crippen LogP contribution is -2.54. The standard InChI is InChI=1S/C33H34F2N8O4.CH2O2/c1-3-33(46)17-24(39-19-33)32(45)42-13-11-41(12-14-42)31(44)22-5-4-21(16-20(22)2)40-29-30-38-18-25(43(30)10-9-37-29)23-6-7-26(47-15-8-36)28(35)27(23)34;2-1-3/h4-7,9-10,16,18,24,39,46H,3,11-15,17,19H2,1-2H3,(H,37,40);1H,(H,2,3)/t24-,33-;/m0./s1. The van der Waals surface area contributed by atoms with Crippen LogP contribution in [0.2, 0.25) is 0 Å². The van der Waals surface area contributed by atoms with E-state index < -0.39 is 29.9 Å². The highest BCUT2D eigenvalue weighted by molar-refractivity contribution is 5.96. The van der Waals surface area contributed by atoms with E-state index in [4.69, 9.17) is 19.9 Å². The topological polar surface area (TPSA) is 185 Å². The normalized spacial score (nSPS) is 18.6. The minimum absolute atomic E-state index is 0.0424. The lowest BCUT2D eigenvalue weighted by molar-refractivity contribution is -0.135. The molecule has 2 saturated heterocycles. The molecule has 2 aliphatic rings. The van der Waals surface area contributed by atoms with Crippen molar-refractivity contribution in [2.24, 2.45) is 0 Å². The number of nitrogens with zero attached hydrogens (tertiary/aromatic N) is 6. The first-order valence-electron chi connectivity index (χ1n) is 15.8. The number of aliphatic hydroxyl groups is 1. The molecule has 0 radical (unpaired) electrons. The number of fused-ring (bicyclic) bond motifs is 1. The summed E-state index contributed by atoms with van der Waals surface area (Å²) in [6.07, 6.45) is 5.46. The van der Waals surface area contributed by atoms with E-state index >= 15 is 0 Å². The Labute approximate surface area is 285 Å². The molecular weight excluding hydrogens is 654 g/mol. The summed E-state index contributed by atoms with van der Waals surface area (Å²) < 4.78 is 36.1. The molecule has 2 aromatic heterocycles. The number of aryl methyl sites for hydroxylation is 1. The van der Waals surface area contributed by atoms with Crippen LogP contribution >= 0.6 is 0 Å². The lowest BCUT2D eigenvalue weighted by atomic mass is 9.97. The van der Waals surface area contributed by atoms with Gasteiger partial charge >= 0.3 is 0 Å². The molecule has 6 rings (SSSR count). The van der Waals surface area contributed by atoms with Crippen molar-refractivity contribution in [1.82, 2.24) is 29.5 Å². The van der Waals surface area contributed by atoms with E-state index in [0.717, 1.165) is 5.56 Å². The zero-order valence-electron chi connectivity index (χ0n) is 27.4. The number of carbonyl (C=O) groups is 3. The average molecular weight is 691 g/mol. The predicted molar refractivity (Wildman–Crippen MR) is 177 cm³/mol. The van der Waals surface area contributed by atoms with Crippen LogP contribution in [0.25, 0.3) is 16.9 Å². The molecule has 2 fully saturated rings. The van der Waals surface area contributed by atoms with E-state index in [9.17, 15) is 23.5 Å². The predicted octanol–water partition coefficient (Wildman–Crippen LogP) is 3.12. The molecule has 2 aromatic carbocycles. The number of nitrogens with one attached hydrogen (secondary N) is 2. The smallest absolute Gasteiger partial charge is 0.290 e. The summed E-state index contributed by atoms with van der Waals surface area (Å²) in [5.74, 6) is -2.50. The van der Waals surface area contributed by atoms with Gasteiger partial charge in [-0.2, -0.15) is 9.65 Å². The van der Waals surface area contributed by atoms with Crippen LogP contribution in [-0.2, 0) is 9.59 Å². The van der Waals surface area contributed by atoms with E-state index in [0.29, 0.717) is 68.3 Å². The van der Waals surface area contributed by atoms with E-state index in [2.05, 4.69) is 20.6 Å². The van der Waals surface area contributed by atoms with Gasteiger partial charge in [0.15, 0.2) is 29.6 Å². The van der Waals surface area contributed by atoms with Crippen molar-refractivity contribution in [3.05, 3.63) is 71.7 Å². The number of anilines is 2. The van der Waals surface area contributed by atoms with Crippen molar-refractivity contribution in [3.8, 4) is 23.1 Å². The van der Waals surface area contributed by atoms with Gasteiger partial charge in [-0.1, -0.05) is 6.92 Å². The fourth-order valence-electron chi connectivity index (χ4n) is 6.08. The third-order valence-corrected chi connectivity index (χ3v) is 8.86. The third kappa shape index (κ3) is 7.33. The minimum Gasteiger partial charge on any atom is -0.483 e. The molecule has 0 bridgehead atoms. The fourth-order valence-corrected chi connectivity index (χ4v) is 6.08. The molecule has 4 N–H and O–H groups in total. The van der Waals surface area contributed by atoms with Crippen molar-refractivity contribution >= 4 is 35.4 Å². The number of halogens is 2. The van der Waals surface area contributed by atoms with Crippen molar-refractivity contribution in [1.29, 1.82) is 5.26 Å². The lowest BCUT2D eigenvalue weighted by Gasteiger charge is -2.36. The maximum absolute atomic E-state index is 15.0. The second kappa shape index (κ2) is 15.3. The number of β-amino-alcohol motifs (C(OH)–C–C–N with tert-alkyl or cyclic N) is 1. The highest BCUT2D eigenvalue weighted by Gasteiger charge is 2.41. The number of benzene rings is 2. The van der Waals surface area contributed by atoms with Gasteiger partial charge in [0.25, 0.3) is 12.4 Å². The summed E-state index contributed by atoms with van der Waals surface area (Å²) in [5.41, 5.74) is 1.67. The van der Waals surface area contributed by atoms with Crippen LogP contribution in [0.5, 0.6) is 5.75 Å². The number of aromatic nitrogens is 3. The van der Waals surface area contributed by atoms with Crippen LogP contribution in [0.15, 0.2) is 48.9 Å². The quantitative estimate of drug-likeness (QED) is 0.199. The highest BCUT2D eigenvalue weighted by atomic mass is 19.2. The molecule has 0 spiro atoms. The van der Waals surface area contributed by atoms with Gasteiger partial charge in [-0.3, -0.25) is 18.8 Å². The van der Waals surface area contributed by atoms with Gasteiger partial charge in [0.1, 0.15) is 6.07 Å². The zero-order valence-corrected chi connectivity index (χ0v) is 27.4. The van der Waals surface area contributed by atoms with Crippen molar-refractivity contribution < 1.29 is 38.1 Å². The van der Waals surface area contributed by atoms with Crippen LogP contribution in [-0.4, -0.2) is 104 Å². The Kier molecular flexibility index (Phi) is 10.9. The van der Waals surface area contributed by atoms with Gasteiger partial charge in [0.2, 0.25) is 11.7 Å². The number of carbonyl (C=O) groups excluding carboxylic acids is 2. The fraction of sp³-hybridized carbons (Fsp3) is 0.353. The summed E-state index contributed by atoms with van der Waals surface area (Å²) in [6, 6.07) is 9.23. The first-order valence-corrected chi connectivity index (χ1v) is 15.8. The van der Waals surface area contributed by atoms with E-state index in [1.54, 1.807) is 38.6 Å². The Balaban J connectivity index is 0.00000156. The monoisotopic (exact) mass is 690 g/mol. The minimum atomic E-state index is -1.20. The number of amides is 2. The Bertz CT molecular complexity index is 1940. The van der Waals surface area contributed by atoms with Crippen molar-refractivity contribution in [3.63, 3.8) is 0 Å². The molecule has 4 aromatic rings. The molecule has 16 heteroatoms. The summed E-state index contributed by atoms with van der Waals surface area (Å²) in [6.45, 7) is 5.13. The van der Waals surface area contributed by atoms with Gasteiger partial charge < -0.3 is 35.4 Å². The number of hydrogen-bond acceptors (Lipinski definition) is 10. The number of nitriles is 1. The largest absolute Gasteiger partial charge is 0.483 e. The van der Waals surface area contributed by atoms with Crippen molar-refractivity contribution in [2.75, 3.05) is 44.6 Å². The van der Waals surface area contributed by atoms with Crippen LogP contribution in [0.1, 0.15) is 35.7 Å². The van der Waals surface area contributed by atoms with Crippen molar-refractivity contribution in [2.45, 2.75) is 38.3 Å². The maximum Gasteiger partial charge on any atom is 0.290 e. The van der Waals surface area contributed by atoms with Gasteiger partial charge in [-0.15, -0.1) is 0 Å². The summed E-state index contributed by atoms with van der Waals surface area (Å²) in [4.78, 5) is 47.1. The Morgan fingerprint density at radius 3 is 2.54 bits per heavy atom. The molecule has 50 heavy (non-hydrogen) atoms. The molecule has 0 saturated carbocycles. The van der Waals surface area contributed by atoms with Crippen LogP contribution in [0.3, 0.4) is 0 Å². The van der Waals surface area contributed by atoms with Crippen LogP contribution < -0.4 is 15.4 Å². The molecule has 2 atom stereocenters. The number of hydrogen-bond donors (Lipinski definition) is 4. The Hall–Kier alpha value is -5.66. The summed E-state index contributed by atoms with van der Waals surface area (Å²) in [7, 11) is 0. The number of imidazole rings is 1. The van der Waals surface area contributed by atoms with Crippen LogP contribution in [0.4, 0.5) is 20.3 Å². The molecular formula is C34H36F2N8O6. The molecule has 0 aliphatic carbocycles. The zero-order chi connectivity index (χ0) is 36.0. The molecule has 0 unspecified atom stereocenters. The second-order valence-electron chi connectivity index (χ2n) is 11.9. The van der Waals surface area contributed by atoms with Gasteiger partial charge in [-0.05, 0) is 49.2 Å². The number of ether oxygens (including phenoxy) is 1. The Morgan fingerprint density at radius 1 is 1.16 bits per heavy atom. The second-order valence-corrected chi connectivity index (χ2v) is 11.9. The van der Waals surface area contributed by atoms with E-state index in [1.807, 2.05) is 19.9 Å². The maximum atomic E-state index is 15.0. The van der Waals surface area contributed by atoms with Gasteiger partial charge in [-0.25, -0.2) is 14.4 Å². The Morgan fingerprint density at radius 2 is 1.88 bits per heavy atom. The van der Waals surface area contributed by atoms with Crippen LogP contribution in [0, 0.1) is 29.9 Å². The molecule has 2 amide bonds. The van der Waals surface area contributed by atoms with E-state index in [-0.39, 0.29) is 35.3 Å². The third-order valence-electron chi connectivity index (χ3n) is 8.86. The van der Waals surface area contributed by atoms with Gasteiger partial charge in [0.05, 0.1) is 23.5 Å². The SMILES string of the molecule is CC[C@@]1(O)CN[C@H](C(=O)N2CCN(C(=O)c3ccc(Nc4nccn5c(-c6ccc(OCC#N)c(F)c6F)cnc45)cc3C)CC2)C1.O=CO. The highest BCUT2D eigenvalue weighted by Crippen LogP contribution is 2.32. The summed E-state index contributed by atoms with van der Waals surface area (Å²) >= 11 is 0. The van der Waals surface area contributed by atoms with E-state index in [1.165, 1.54) is 24.5 Å². The number of carboxylic acid groups (broad SMARTS) is 1. The molecule has 4 heterocycles. The number of piperazine rings is 1. The molecule has 262 valence electrons.